The van der Waals surface area contributed by atoms with E-state index in [1.165, 1.54) is 18.2 Å². The topological polar surface area (TPSA) is 216 Å². The Morgan fingerprint density at radius 2 is 1.51 bits per heavy atom. The summed E-state index contributed by atoms with van der Waals surface area (Å²) in [7, 11) is 0. The number of aromatic hydroxyl groups is 4. The standard InChI is InChI=1S/C27H22O12/c28-15-4-1-11(7-17(15)30)8-19(26(35)36)39-20(32)6-3-12-9-14-21(13-2-5-16(29)18(31)10-13)23(27(37)38)22(12)25(34)24(14)33/h1-7,9-10,14,19,21-23,28-31H,8H2,(H,35,36)(H,37,38)/b6-3+/t14-,19-,21+,22+,23-/m1/s1. The molecule has 5 rings (SSSR count). The first-order valence-corrected chi connectivity index (χ1v) is 11.6. The molecule has 202 valence electrons. The number of carboxylic acid groups (broad SMARTS) is 2. The molecule has 0 amide bonds. The minimum Gasteiger partial charge on any atom is -0.504 e. The number of rotatable bonds is 8. The van der Waals surface area contributed by atoms with Crippen molar-refractivity contribution < 1.29 is 59.3 Å². The summed E-state index contributed by atoms with van der Waals surface area (Å²) < 4.78 is 4.98. The Morgan fingerprint density at radius 3 is 2.10 bits per heavy atom. The zero-order valence-electron chi connectivity index (χ0n) is 19.9. The van der Waals surface area contributed by atoms with Gasteiger partial charge in [0.15, 0.2) is 23.0 Å². The lowest BCUT2D eigenvalue weighted by Gasteiger charge is -2.43. The predicted molar refractivity (Wildman–Crippen MR) is 129 cm³/mol. The van der Waals surface area contributed by atoms with Gasteiger partial charge in [-0.05, 0) is 41.0 Å². The number of esters is 1. The summed E-state index contributed by atoms with van der Waals surface area (Å²) in [6, 6.07) is 7.18. The monoisotopic (exact) mass is 538 g/mol. The number of ketones is 2. The highest BCUT2D eigenvalue weighted by molar-refractivity contribution is 6.42. The molecule has 3 aliphatic rings. The van der Waals surface area contributed by atoms with E-state index in [-0.39, 0.29) is 23.1 Å². The van der Waals surface area contributed by atoms with E-state index in [0.717, 1.165) is 36.4 Å². The highest BCUT2D eigenvalue weighted by Gasteiger charge is 2.56. The molecule has 0 radical (unpaired) electrons. The molecule has 0 spiro atoms. The Labute approximate surface area is 219 Å². The number of Topliss-reactive ketones (excluding diaryl/α,β-unsaturated/α-hetero) is 2. The molecule has 12 nitrogen and oxygen atoms in total. The quantitative estimate of drug-likeness (QED) is 0.122. The number of carbonyl (C=O) groups excluding carboxylic acids is 3. The van der Waals surface area contributed by atoms with Gasteiger partial charge in [-0.1, -0.05) is 24.3 Å². The summed E-state index contributed by atoms with van der Waals surface area (Å²) in [6.07, 6.45) is 1.24. The van der Waals surface area contributed by atoms with E-state index in [2.05, 4.69) is 0 Å². The van der Waals surface area contributed by atoms with Crippen molar-refractivity contribution in [2.75, 3.05) is 0 Å². The van der Waals surface area contributed by atoms with Crippen molar-refractivity contribution in [1.82, 2.24) is 0 Å². The molecule has 0 heterocycles. The van der Waals surface area contributed by atoms with E-state index in [9.17, 15) is 54.6 Å². The van der Waals surface area contributed by atoms with E-state index in [4.69, 9.17) is 4.74 Å². The van der Waals surface area contributed by atoms with Gasteiger partial charge in [0.05, 0.1) is 17.8 Å². The van der Waals surface area contributed by atoms with Gasteiger partial charge < -0.3 is 35.4 Å². The van der Waals surface area contributed by atoms with Crippen LogP contribution in [0.2, 0.25) is 0 Å². The molecule has 2 aromatic rings. The van der Waals surface area contributed by atoms with Gasteiger partial charge in [0, 0.05) is 18.4 Å². The Morgan fingerprint density at radius 1 is 0.872 bits per heavy atom. The second-order valence-electron chi connectivity index (χ2n) is 9.16. The summed E-state index contributed by atoms with van der Waals surface area (Å²) in [4.78, 5) is 61.7. The average molecular weight is 538 g/mol. The van der Waals surface area contributed by atoms with Crippen molar-refractivity contribution in [1.29, 1.82) is 0 Å². The number of ether oxygens (including phenoxy) is 1. The molecule has 0 aromatic heterocycles. The molecule has 2 bridgehead atoms. The number of allylic oxidation sites excluding steroid dienone is 3. The third kappa shape index (κ3) is 5.17. The van der Waals surface area contributed by atoms with Crippen LogP contribution in [0.4, 0.5) is 0 Å². The first-order chi connectivity index (χ1) is 18.4. The maximum atomic E-state index is 12.8. The van der Waals surface area contributed by atoms with Crippen molar-refractivity contribution >= 4 is 29.5 Å². The fourth-order valence-electron chi connectivity index (χ4n) is 4.97. The lowest BCUT2D eigenvalue weighted by atomic mass is 9.56. The first-order valence-electron chi connectivity index (χ1n) is 11.6. The predicted octanol–water partition coefficient (Wildman–Crippen LogP) is 1.41. The Kier molecular flexibility index (Phi) is 7.13. The zero-order chi connectivity index (χ0) is 28.6. The smallest absolute Gasteiger partial charge is 0.345 e. The summed E-state index contributed by atoms with van der Waals surface area (Å²) in [5, 5.41) is 57.9. The van der Waals surface area contributed by atoms with Gasteiger partial charge in [-0.3, -0.25) is 14.4 Å². The van der Waals surface area contributed by atoms with E-state index in [0.29, 0.717) is 0 Å². The SMILES string of the molecule is O=C(/C=C/C1=C[C@H]2C(=O)C(=O)[C@@H]1[C@H](C(=O)O)[C@H]2c1ccc(O)c(O)c1)O[C@H](Cc1ccc(O)c(O)c1)C(=O)O. The van der Waals surface area contributed by atoms with E-state index >= 15 is 0 Å². The first kappa shape index (κ1) is 26.9. The number of carboxylic acids is 2. The molecule has 39 heavy (non-hydrogen) atoms. The highest BCUT2D eigenvalue weighted by atomic mass is 16.6. The minimum atomic E-state index is -1.68. The van der Waals surface area contributed by atoms with Gasteiger partial charge in [-0.2, -0.15) is 0 Å². The third-order valence-electron chi connectivity index (χ3n) is 6.77. The number of hydrogen-bond acceptors (Lipinski definition) is 10. The van der Waals surface area contributed by atoms with Crippen molar-refractivity contribution in [3.05, 3.63) is 71.3 Å². The summed E-state index contributed by atoms with van der Waals surface area (Å²) in [6.45, 7) is 0. The normalized spacial score (nSPS) is 22.9. The maximum absolute atomic E-state index is 12.8. The van der Waals surface area contributed by atoms with Crippen molar-refractivity contribution in [3.63, 3.8) is 0 Å². The van der Waals surface area contributed by atoms with Crippen LogP contribution in [0.5, 0.6) is 23.0 Å². The molecule has 2 aromatic carbocycles. The van der Waals surface area contributed by atoms with Gasteiger partial charge in [-0.15, -0.1) is 0 Å². The third-order valence-corrected chi connectivity index (χ3v) is 6.77. The maximum Gasteiger partial charge on any atom is 0.345 e. The number of phenolic OH excluding ortho intramolecular Hbond substituents is 4. The van der Waals surface area contributed by atoms with Crippen molar-refractivity contribution in [2.24, 2.45) is 17.8 Å². The Balaban J connectivity index is 1.58. The van der Waals surface area contributed by atoms with E-state index < -0.39 is 82.2 Å². The molecule has 5 atom stereocenters. The van der Waals surface area contributed by atoms with Crippen molar-refractivity contribution in [2.45, 2.75) is 18.4 Å². The second kappa shape index (κ2) is 10.3. The highest BCUT2D eigenvalue weighted by Crippen LogP contribution is 2.51. The van der Waals surface area contributed by atoms with Crippen LogP contribution in [-0.2, 0) is 35.1 Å². The fourth-order valence-corrected chi connectivity index (χ4v) is 4.97. The van der Waals surface area contributed by atoms with Crippen LogP contribution in [0.1, 0.15) is 17.0 Å². The minimum absolute atomic E-state index is 0.0588. The number of aliphatic carboxylic acids is 2. The van der Waals surface area contributed by atoms with Crippen LogP contribution in [0.3, 0.4) is 0 Å². The molecule has 1 fully saturated rings. The molecule has 0 aliphatic heterocycles. The summed E-state index contributed by atoms with van der Waals surface area (Å²) in [5.41, 5.74) is 0.529. The second-order valence-corrected chi connectivity index (χ2v) is 9.16. The molecule has 0 saturated heterocycles. The van der Waals surface area contributed by atoms with Gasteiger partial charge in [-0.25, -0.2) is 9.59 Å². The molecule has 12 heteroatoms. The van der Waals surface area contributed by atoms with Crippen LogP contribution in [0, 0.1) is 17.8 Å². The Hall–Kier alpha value is -5.13. The molecule has 1 saturated carbocycles. The number of fused-ring (bicyclic) bond motifs is 2. The van der Waals surface area contributed by atoms with Crippen LogP contribution in [0.15, 0.2) is 60.2 Å². The van der Waals surface area contributed by atoms with Gasteiger partial charge in [0.2, 0.25) is 17.7 Å². The molecule has 3 aliphatic carbocycles. The molecular formula is C27H22O12. The zero-order valence-corrected chi connectivity index (χ0v) is 19.9. The van der Waals surface area contributed by atoms with Crippen LogP contribution < -0.4 is 0 Å². The number of hydrogen-bond donors (Lipinski definition) is 6. The lowest BCUT2D eigenvalue weighted by molar-refractivity contribution is -0.160. The van der Waals surface area contributed by atoms with Crippen LogP contribution >= 0.6 is 0 Å². The number of carbonyl (C=O) groups is 5. The van der Waals surface area contributed by atoms with E-state index in [1.807, 2.05) is 0 Å². The van der Waals surface area contributed by atoms with Gasteiger partial charge in [0.1, 0.15) is 0 Å². The van der Waals surface area contributed by atoms with Gasteiger partial charge in [0.25, 0.3) is 0 Å². The lowest BCUT2D eigenvalue weighted by Crippen LogP contribution is -2.52. The molecule has 0 unspecified atom stereocenters. The number of phenols is 4. The van der Waals surface area contributed by atoms with Crippen molar-refractivity contribution in [3.8, 4) is 23.0 Å². The average Bonchev–Trinajstić information content (AvgIpc) is 2.88. The van der Waals surface area contributed by atoms with E-state index in [1.54, 1.807) is 0 Å². The van der Waals surface area contributed by atoms with Crippen LogP contribution in [-0.4, -0.2) is 66.2 Å². The number of benzene rings is 2. The summed E-state index contributed by atoms with van der Waals surface area (Å²) >= 11 is 0. The summed E-state index contributed by atoms with van der Waals surface area (Å²) in [5.74, 6) is -12.8. The largest absolute Gasteiger partial charge is 0.504 e. The molecule has 6 N–H and O–H groups in total. The Bertz CT molecular complexity index is 1450. The molecular weight excluding hydrogens is 516 g/mol. The van der Waals surface area contributed by atoms with Crippen LogP contribution in [0.25, 0.3) is 0 Å². The van der Waals surface area contributed by atoms with Gasteiger partial charge >= 0.3 is 17.9 Å². The fraction of sp³-hybridized carbons (Fsp3) is 0.222.